The fraction of sp³-hybridized carbons (Fsp3) is 0.519. The zero-order valence-corrected chi connectivity index (χ0v) is 20.8. The van der Waals surface area contributed by atoms with E-state index < -0.39 is 0 Å². The summed E-state index contributed by atoms with van der Waals surface area (Å²) in [5.74, 6) is 0.679. The third kappa shape index (κ3) is 5.34. The molecule has 5 rings (SSSR count). The van der Waals surface area contributed by atoms with Crippen LogP contribution in [0.5, 0.6) is 0 Å². The van der Waals surface area contributed by atoms with Gasteiger partial charge in [-0.25, -0.2) is 0 Å². The van der Waals surface area contributed by atoms with Gasteiger partial charge in [0.2, 0.25) is 11.8 Å². The molecule has 0 spiro atoms. The third-order valence-corrected chi connectivity index (χ3v) is 7.37. The molecule has 2 amide bonds. The summed E-state index contributed by atoms with van der Waals surface area (Å²) in [5.41, 5.74) is 1.54. The molecule has 2 fully saturated rings. The Balaban J connectivity index is 1.39. The first-order valence-electron chi connectivity index (χ1n) is 13.1. The number of hydrogen-bond acceptors (Lipinski definition) is 6. The molecule has 3 aromatic rings. The summed E-state index contributed by atoms with van der Waals surface area (Å²) >= 11 is 0. The molecule has 1 aliphatic heterocycles. The molecule has 0 unspecified atom stereocenters. The van der Waals surface area contributed by atoms with Gasteiger partial charge in [-0.3, -0.25) is 14.3 Å². The molecular formula is C27H34N6O3. The molecule has 0 bridgehead atoms. The standard InChI is InChI=1S/C27H34N6O3/c1-2-32-15-12-22(30-32)27(35)33-14-9-4-3-8-13-28-25(34)21-17-20(18-23(21)33)26-29-24(31-36-26)16-19-10-6-5-7-11-19/h5-7,10-12,15,20-21,23H,2-4,8-9,13-14,16-18H2,1H3,(H,28,34)/t20-,21-,23+/m1/s1. The van der Waals surface area contributed by atoms with Gasteiger partial charge in [-0.15, -0.1) is 0 Å². The van der Waals surface area contributed by atoms with Crippen molar-refractivity contribution in [2.24, 2.45) is 5.92 Å². The number of benzene rings is 1. The zero-order chi connectivity index (χ0) is 24.9. The monoisotopic (exact) mass is 490 g/mol. The number of rotatable bonds is 5. The molecule has 2 aliphatic rings. The minimum absolute atomic E-state index is 0.00492. The van der Waals surface area contributed by atoms with Gasteiger partial charge >= 0.3 is 0 Å². The predicted octanol–water partition coefficient (Wildman–Crippen LogP) is 3.57. The minimum atomic E-state index is -0.324. The molecule has 1 aliphatic carbocycles. The highest BCUT2D eigenvalue weighted by Gasteiger charge is 2.46. The van der Waals surface area contributed by atoms with Crippen LogP contribution in [0.4, 0.5) is 0 Å². The summed E-state index contributed by atoms with van der Waals surface area (Å²) < 4.78 is 7.44. The van der Waals surface area contributed by atoms with E-state index in [4.69, 9.17) is 4.52 Å². The topological polar surface area (TPSA) is 106 Å². The van der Waals surface area contributed by atoms with Crippen LogP contribution in [-0.2, 0) is 17.8 Å². The molecule has 1 aromatic carbocycles. The molecule has 3 heterocycles. The van der Waals surface area contributed by atoms with Crippen LogP contribution in [0.3, 0.4) is 0 Å². The molecule has 9 nitrogen and oxygen atoms in total. The van der Waals surface area contributed by atoms with Crippen molar-refractivity contribution in [3.63, 3.8) is 0 Å². The van der Waals surface area contributed by atoms with Gasteiger partial charge in [-0.1, -0.05) is 48.3 Å². The van der Waals surface area contributed by atoms with E-state index in [1.165, 1.54) is 0 Å². The summed E-state index contributed by atoms with van der Waals surface area (Å²) in [4.78, 5) is 33.5. The van der Waals surface area contributed by atoms with Crippen molar-refractivity contribution in [2.45, 2.75) is 70.4 Å². The Hall–Kier alpha value is -3.49. The van der Waals surface area contributed by atoms with E-state index in [1.807, 2.05) is 48.4 Å². The van der Waals surface area contributed by atoms with Crippen LogP contribution >= 0.6 is 0 Å². The molecule has 2 aromatic heterocycles. The lowest BCUT2D eigenvalue weighted by atomic mass is 10.00. The van der Waals surface area contributed by atoms with Crippen molar-refractivity contribution in [3.05, 3.63) is 65.6 Å². The van der Waals surface area contributed by atoms with Crippen LogP contribution in [0.25, 0.3) is 0 Å². The number of nitrogens with zero attached hydrogens (tertiary/aromatic N) is 5. The van der Waals surface area contributed by atoms with Gasteiger partial charge in [0.15, 0.2) is 5.82 Å². The Bertz CT molecular complexity index is 1170. The van der Waals surface area contributed by atoms with Crippen molar-refractivity contribution in [2.75, 3.05) is 13.1 Å². The summed E-state index contributed by atoms with van der Waals surface area (Å²) in [6.07, 6.45) is 7.54. The second kappa shape index (κ2) is 11.1. The molecule has 9 heteroatoms. The lowest BCUT2D eigenvalue weighted by Gasteiger charge is -2.32. The molecular weight excluding hydrogens is 456 g/mol. The van der Waals surface area contributed by atoms with Gasteiger partial charge in [-0.05, 0) is 44.2 Å². The lowest BCUT2D eigenvalue weighted by molar-refractivity contribution is -0.126. The first-order valence-corrected chi connectivity index (χ1v) is 13.1. The Kier molecular flexibility index (Phi) is 7.44. The number of amides is 2. The van der Waals surface area contributed by atoms with E-state index in [-0.39, 0.29) is 29.7 Å². The quantitative estimate of drug-likeness (QED) is 0.586. The van der Waals surface area contributed by atoms with Crippen LogP contribution in [0, 0.1) is 5.92 Å². The molecule has 36 heavy (non-hydrogen) atoms. The van der Waals surface area contributed by atoms with E-state index in [1.54, 1.807) is 10.7 Å². The van der Waals surface area contributed by atoms with E-state index in [9.17, 15) is 9.59 Å². The highest BCUT2D eigenvalue weighted by atomic mass is 16.5. The second-order valence-corrected chi connectivity index (χ2v) is 9.81. The highest BCUT2D eigenvalue weighted by Crippen LogP contribution is 2.41. The maximum Gasteiger partial charge on any atom is 0.274 e. The number of fused-ring (bicyclic) bond motifs is 1. The number of carbonyl (C=O) groups excluding carboxylic acids is 2. The van der Waals surface area contributed by atoms with Crippen molar-refractivity contribution in [1.82, 2.24) is 30.1 Å². The van der Waals surface area contributed by atoms with Crippen molar-refractivity contribution in [3.8, 4) is 0 Å². The Labute approximate surface area is 211 Å². The normalized spacial score (nSPS) is 23.1. The number of hydrogen-bond donors (Lipinski definition) is 1. The van der Waals surface area contributed by atoms with Crippen molar-refractivity contribution in [1.29, 1.82) is 0 Å². The van der Waals surface area contributed by atoms with Gasteiger partial charge in [0.25, 0.3) is 5.91 Å². The second-order valence-electron chi connectivity index (χ2n) is 9.81. The van der Waals surface area contributed by atoms with Crippen molar-refractivity contribution < 1.29 is 14.1 Å². The van der Waals surface area contributed by atoms with Gasteiger partial charge in [-0.2, -0.15) is 10.1 Å². The van der Waals surface area contributed by atoms with Crippen molar-refractivity contribution >= 4 is 11.8 Å². The first-order chi connectivity index (χ1) is 17.6. The maximum absolute atomic E-state index is 13.6. The van der Waals surface area contributed by atoms with Crippen LogP contribution in [0.15, 0.2) is 47.1 Å². The number of carbonyl (C=O) groups is 2. The summed E-state index contributed by atoms with van der Waals surface area (Å²) in [6, 6.07) is 11.6. The average molecular weight is 491 g/mol. The van der Waals surface area contributed by atoms with E-state index in [0.29, 0.717) is 56.3 Å². The number of aryl methyl sites for hydroxylation is 1. The molecule has 3 atom stereocenters. The van der Waals surface area contributed by atoms with Gasteiger partial charge < -0.3 is 14.7 Å². The Morgan fingerprint density at radius 2 is 1.94 bits per heavy atom. The smallest absolute Gasteiger partial charge is 0.274 e. The fourth-order valence-corrected chi connectivity index (χ4v) is 5.45. The third-order valence-electron chi connectivity index (χ3n) is 7.37. The van der Waals surface area contributed by atoms with Crippen LogP contribution < -0.4 is 5.32 Å². The highest BCUT2D eigenvalue weighted by molar-refractivity contribution is 5.93. The summed E-state index contributed by atoms with van der Waals surface area (Å²) in [5, 5.41) is 11.8. The Morgan fingerprint density at radius 3 is 2.75 bits per heavy atom. The van der Waals surface area contributed by atoms with E-state index in [2.05, 4.69) is 20.6 Å². The fourth-order valence-electron chi connectivity index (χ4n) is 5.45. The summed E-state index contributed by atoms with van der Waals surface area (Å²) in [6.45, 7) is 3.98. The first kappa shape index (κ1) is 24.2. The van der Waals surface area contributed by atoms with Gasteiger partial charge in [0.05, 0.1) is 5.92 Å². The van der Waals surface area contributed by atoms with Crippen LogP contribution in [0.2, 0.25) is 0 Å². The van der Waals surface area contributed by atoms with E-state index in [0.717, 1.165) is 31.2 Å². The molecule has 1 saturated heterocycles. The molecule has 0 radical (unpaired) electrons. The maximum atomic E-state index is 13.6. The lowest BCUT2D eigenvalue weighted by Crippen LogP contribution is -2.47. The molecule has 190 valence electrons. The van der Waals surface area contributed by atoms with Gasteiger partial charge in [0, 0.05) is 44.2 Å². The average Bonchev–Trinajstić information content (AvgIpc) is 3.65. The van der Waals surface area contributed by atoms with Crippen LogP contribution in [-0.4, -0.2) is 55.8 Å². The SMILES string of the molecule is CCn1ccc(C(=O)N2CCCCCCNC(=O)[C@@H]3C[C@@H](c4nc(Cc5ccccc5)no4)C[C@@H]32)n1. The minimum Gasteiger partial charge on any atom is -0.356 e. The summed E-state index contributed by atoms with van der Waals surface area (Å²) in [7, 11) is 0. The zero-order valence-electron chi connectivity index (χ0n) is 20.8. The Morgan fingerprint density at radius 1 is 1.11 bits per heavy atom. The van der Waals surface area contributed by atoms with Gasteiger partial charge in [0.1, 0.15) is 5.69 Å². The molecule has 1 saturated carbocycles. The largest absolute Gasteiger partial charge is 0.356 e. The van der Waals surface area contributed by atoms with Crippen LogP contribution in [0.1, 0.15) is 79.1 Å². The molecule has 1 N–H and O–H groups in total. The number of nitrogens with one attached hydrogen (secondary N) is 1. The predicted molar refractivity (Wildman–Crippen MR) is 133 cm³/mol. The van der Waals surface area contributed by atoms with E-state index >= 15 is 0 Å². The number of aromatic nitrogens is 4.